The zero-order chi connectivity index (χ0) is 10.6. The van der Waals surface area contributed by atoms with Gasteiger partial charge in [0, 0.05) is 23.3 Å². The van der Waals surface area contributed by atoms with Gasteiger partial charge in [0.2, 0.25) is 0 Å². The number of hydrogen-bond donors (Lipinski definition) is 2. The van der Waals surface area contributed by atoms with Crippen LogP contribution in [-0.4, -0.2) is 11.5 Å². The van der Waals surface area contributed by atoms with Crippen LogP contribution >= 0.6 is 0 Å². The molecule has 0 spiro atoms. The summed E-state index contributed by atoms with van der Waals surface area (Å²) in [6.45, 7) is 9.63. The quantitative estimate of drug-likeness (QED) is 0.741. The second kappa shape index (κ2) is 2.63. The second-order valence-corrected chi connectivity index (χ2v) is 5.34. The van der Waals surface area contributed by atoms with E-state index >= 15 is 0 Å². The third kappa shape index (κ3) is 1.07. The predicted octanol–water partition coefficient (Wildman–Crippen LogP) is 2.26. The van der Waals surface area contributed by atoms with Gasteiger partial charge < -0.3 is 10.7 Å². The molecule has 14 heavy (non-hydrogen) atoms. The monoisotopic (exact) mass is 192 g/mol. The van der Waals surface area contributed by atoms with Gasteiger partial charge in [0.15, 0.2) is 0 Å². The van der Waals surface area contributed by atoms with Crippen LogP contribution < -0.4 is 5.73 Å². The molecule has 0 amide bonds. The highest BCUT2D eigenvalue weighted by atomic mass is 14.8. The molecule has 1 aromatic rings. The van der Waals surface area contributed by atoms with E-state index in [0.717, 1.165) is 6.54 Å². The Morgan fingerprint density at radius 1 is 1.43 bits per heavy atom. The van der Waals surface area contributed by atoms with Gasteiger partial charge in [-0.3, -0.25) is 0 Å². The van der Waals surface area contributed by atoms with Crippen molar-refractivity contribution >= 4 is 0 Å². The van der Waals surface area contributed by atoms with Crippen molar-refractivity contribution in [1.82, 2.24) is 4.98 Å². The molecular weight excluding hydrogens is 172 g/mol. The molecule has 1 aliphatic carbocycles. The first-order valence-electron chi connectivity index (χ1n) is 5.30. The second-order valence-electron chi connectivity index (χ2n) is 5.34. The molecular formula is C12H20N2. The van der Waals surface area contributed by atoms with E-state index < -0.39 is 0 Å². The molecule has 3 N–H and O–H groups in total. The van der Waals surface area contributed by atoms with Crippen molar-refractivity contribution in [1.29, 1.82) is 0 Å². The first-order valence-corrected chi connectivity index (χ1v) is 5.30. The molecule has 0 bridgehead atoms. The maximum atomic E-state index is 5.94. The van der Waals surface area contributed by atoms with Crippen molar-refractivity contribution in [3.63, 3.8) is 0 Å². The first kappa shape index (κ1) is 9.78. The van der Waals surface area contributed by atoms with Crippen molar-refractivity contribution in [2.45, 2.75) is 39.5 Å². The topological polar surface area (TPSA) is 41.8 Å². The van der Waals surface area contributed by atoms with Crippen molar-refractivity contribution in [3.05, 3.63) is 23.0 Å². The van der Waals surface area contributed by atoms with Gasteiger partial charge in [0.1, 0.15) is 0 Å². The van der Waals surface area contributed by atoms with Gasteiger partial charge in [-0.25, -0.2) is 0 Å². The third-order valence-corrected chi connectivity index (χ3v) is 3.93. The maximum absolute atomic E-state index is 5.94. The van der Waals surface area contributed by atoms with E-state index in [2.05, 4.69) is 38.7 Å². The van der Waals surface area contributed by atoms with Crippen LogP contribution in [0.15, 0.2) is 6.07 Å². The first-order chi connectivity index (χ1) is 6.43. The van der Waals surface area contributed by atoms with E-state index in [-0.39, 0.29) is 5.41 Å². The van der Waals surface area contributed by atoms with Gasteiger partial charge in [-0.15, -0.1) is 0 Å². The number of nitrogens with two attached hydrogens (primary N) is 1. The summed E-state index contributed by atoms with van der Waals surface area (Å²) >= 11 is 0. The molecule has 1 aromatic heterocycles. The van der Waals surface area contributed by atoms with Gasteiger partial charge in [-0.2, -0.15) is 0 Å². The van der Waals surface area contributed by atoms with Crippen LogP contribution in [-0.2, 0) is 5.41 Å². The van der Waals surface area contributed by atoms with E-state index in [9.17, 15) is 0 Å². The van der Waals surface area contributed by atoms with Crippen molar-refractivity contribution < 1.29 is 0 Å². The lowest BCUT2D eigenvalue weighted by Crippen LogP contribution is -2.25. The average Bonchev–Trinajstić information content (AvgIpc) is 2.48. The normalized spacial score (nSPS) is 29.2. The fourth-order valence-corrected chi connectivity index (χ4v) is 2.85. The van der Waals surface area contributed by atoms with Gasteiger partial charge in [-0.05, 0) is 37.3 Å². The zero-order valence-corrected chi connectivity index (χ0v) is 9.57. The summed E-state index contributed by atoms with van der Waals surface area (Å²) in [7, 11) is 0. The Kier molecular flexibility index (Phi) is 1.84. The maximum Gasteiger partial charge on any atom is 0.0156 e. The third-order valence-electron chi connectivity index (χ3n) is 3.93. The van der Waals surface area contributed by atoms with Crippen LogP contribution in [0.4, 0.5) is 0 Å². The fourth-order valence-electron chi connectivity index (χ4n) is 2.85. The molecule has 1 saturated carbocycles. The minimum Gasteiger partial charge on any atom is -0.362 e. The number of aromatic nitrogens is 1. The Morgan fingerprint density at radius 2 is 2.00 bits per heavy atom. The Morgan fingerprint density at radius 3 is 2.29 bits per heavy atom. The highest BCUT2D eigenvalue weighted by Crippen LogP contribution is 2.64. The smallest absolute Gasteiger partial charge is 0.0156 e. The number of aryl methyl sites for hydroxylation is 2. The minimum atomic E-state index is 0.238. The van der Waals surface area contributed by atoms with Crippen molar-refractivity contribution in [2.75, 3.05) is 6.54 Å². The minimum absolute atomic E-state index is 0.238. The molecule has 0 aromatic carbocycles. The van der Waals surface area contributed by atoms with Crippen LogP contribution in [0.25, 0.3) is 0 Å². The van der Waals surface area contributed by atoms with E-state index in [4.69, 9.17) is 5.73 Å². The summed E-state index contributed by atoms with van der Waals surface area (Å²) in [4.78, 5) is 3.37. The summed E-state index contributed by atoms with van der Waals surface area (Å²) in [5.74, 6) is 0. The van der Waals surface area contributed by atoms with Crippen LogP contribution in [0.5, 0.6) is 0 Å². The summed E-state index contributed by atoms with van der Waals surface area (Å²) in [5.41, 5.74) is 10.5. The number of aromatic amines is 1. The van der Waals surface area contributed by atoms with Crippen LogP contribution in [0.3, 0.4) is 0 Å². The molecule has 78 valence electrons. The summed E-state index contributed by atoms with van der Waals surface area (Å²) in [6.07, 6.45) is 1.22. The van der Waals surface area contributed by atoms with E-state index in [1.165, 1.54) is 23.4 Å². The number of nitrogens with one attached hydrogen (secondary N) is 1. The van der Waals surface area contributed by atoms with Crippen molar-refractivity contribution in [3.8, 4) is 0 Å². The Bertz CT molecular complexity index is 362. The summed E-state index contributed by atoms with van der Waals surface area (Å²) < 4.78 is 0. The largest absolute Gasteiger partial charge is 0.362 e. The molecule has 0 aliphatic heterocycles. The average molecular weight is 192 g/mol. The molecule has 0 radical (unpaired) electrons. The fraction of sp³-hybridized carbons (Fsp3) is 0.667. The van der Waals surface area contributed by atoms with E-state index in [1.54, 1.807) is 0 Å². The highest BCUT2D eigenvalue weighted by Gasteiger charge is 2.61. The summed E-state index contributed by atoms with van der Waals surface area (Å²) in [6, 6.07) is 2.26. The molecule has 2 rings (SSSR count). The molecule has 1 unspecified atom stereocenters. The zero-order valence-electron chi connectivity index (χ0n) is 9.57. The lowest BCUT2D eigenvalue weighted by Gasteiger charge is -2.18. The van der Waals surface area contributed by atoms with Crippen molar-refractivity contribution in [2.24, 2.45) is 11.1 Å². The van der Waals surface area contributed by atoms with E-state index in [0.29, 0.717) is 5.41 Å². The highest BCUT2D eigenvalue weighted by molar-refractivity contribution is 5.42. The van der Waals surface area contributed by atoms with Gasteiger partial charge in [-0.1, -0.05) is 13.8 Å². The number of rotatable bonds is 2. The van der Waals surface area contributed by atoms with Gasteiger partial charge in [0.25, 0.3) is 0 Å². The molecule has 1 aliphatic rings. The lowest BCUT2D eigenvalue weighted by molar-refractivity contribution is 0.501. The molecule has 2 nitrogen and oxygen atoms in total. The standard InChI is InChI=1S/C12H20N2/c1-8-5-10(9(2)14-8)12(7-13)6-11(12,3)4/h5,14H,6-7,13H2,1-4H3. The molecule has 0 saturated heterocycles. The van der Waals surface area contributed by atoms with Crippen LogP contribution in [0.2, 0.25) is 0 Å². The Labute approximate surface area is 85.9 Å². The number of H-pyrrole nitrogens is 1. The summed E-state index contributed by atoms with van der Waals surface area (Å²) in [5, 5.41) is 0. The van der Waals surface area contributed by atoms with Crippen LogP contribution in [0, 0.1) is 19.3 Å². The lowest BCUT2D eigenvalue weighted by atomic mass is 9.88. The molecule has 1 atom stereocenters. The molecule has 1 fully saturated rings. The van der Waals surface area contributed by atoms with E-state index in [1.807, 2.05) is 0 Å². The SMILES string of the molecule is Cc1cc(C2(CN)CC2(C)C)c(C)[nH]1. The molecule has 2 heteroatoms. The Balaban J connectivity index is 2.45. The number of hydrogen-bond acceptors (Lipinski definition) is 1. The predicted molar refractivity (Wildman–Crippen MR) is 59.4 cm³/mol. The Hall–Kier alpha value is -0.760. The molecule has 1 heterocycles. The van der Waals surface area contributed by atoms with Gasteiger partial charge >= 0.3 is 0 Å². The van der Waals surface area contributed by atoms with Gasteiger partial charge in [0.05, 0.1) is 0 Å². The van der Waals surface area contributed by atoms with Crippen LogP contribution in [0.1, 0.15) is 37.2 Å².